The lowest BCUT2D eigenvalue weighted by Gasteiger charge is -2.40. The summed E-state index contributed by atoms with van der Waals surface area (Å²) in [5, 5.41) is 0. The Morgan fingerprint density at radius 1 is 1.31 bits per heavy atom. The van der Waals surface area contributed by atoms with Gasteiger partial charge < -0.3 is 0 Å². The summed E-state index contributed by atoms with van der Waals surface area (Å²) >= 11 is 0. The Morgan fingerprint density at radius 3 is 2.54 bits per heavy atom. The molecule has 0 amide bonds. The molecule has 0 aromatic heterocycles. The molecule has 0 spiro atoms. The van der Waals surface area contributed by atoms with E-state index in [0.717, 1.165) is 18.5 Å². The first-order valence-corrected chi connectivity index (χ1v) is 5.54. The van der Waals surface area contributed by atoms with Crippen LogP contribution < -0.4 is 0 Å². The zero-order chi connectivity index (χ0) is 9.84. The van der Waals surface area contributed by atoms with E-state index in [1.165, 1.54) is 26.1 Å². The molecule has 0 bridgehead atoms. The predicted molar refractivity (Wildman–Crippen MR) is 57.7 cm³/mol. The van der Waals surface area contributed by atoms with Crippen molar-refractivity contribution in [2.24, 2.45) is 11.8 Å². The summed E-state index contributed by atoms with van der Waals surface area (Å²) in [6.07, 6.45) is 1.28. The molecule has 2 nitrogen and oxygen atoms in total. The van der Waals surface area contributed by atoms with Gasteiger partial charge in [0.2, 0.25) is 0 Å². The second kappa shape index (κ2) is 4.97. The van der Waals surface area contributed by atoms with Gasteiger partial charge in [-0.2, -0.15) is 0 Å². The highest BCUT2D eigenvalue weighted by Crippen LogP contribution is 2.18. The Morgan fingerprint density at radius 2 is 2.00 bits per heavy atom. The van der Waals surface area contributed by atoms with Gasteiger partial charge in [-0.3, -0.25) is 9.80 Å². The molecular weight excluding hydrogens is 160 g/mol. The molecule has 0 aliphatic carbocycles. The van der Waals surface area contributed by atoms with Crippen molar-refractivity contribution in [2.45, 2.75) is 27.2 Å². The zero-order valence-electron chi connectivity index (χ0n) is 9.58. The van der Waals surface area contributed by atoms with Crippen molar-refractivity contribution < 1.29 is 0 Å². The topological polar surface area (TPSA) is 6.48 Å². The van der Waals surface area contributed by atoms with Gasteiger partial charge in [0, 0.05) is 13.1 Å². The van der Waals surface area contributed by atoms with Gasteiger partial charge in [-0.15, -0.1) is 0 Å². The molecule has 0 N–H and O–H groups in total. The minimum atomic E-state index is 0.821. The maximum atomic E-state index is 2.58. The van der Waals surface area contributed by atoms with Crippen molar-refractivity contribution in [2.75, 3.05) is 33.4 Å². The quantitative estimate of drug-likeness (QED) is 0.661. The van der Waals surface area contributed by atoms with Crippen molar-refractivity contribution >= 4 is 0 Å². The SMILES string of the molecule is CCCN1CC(C(C)C)CN(C)C1. The fourth-order valence-electron chi connectivity index (χ4n) is 2.15. The lowest BCUT2D eigenvalue weighted by molar-refractivity contribution is 0.0488. The monoisotopic (exact) mass is 184 g/mol. The Bertz CT molecular complexity index is 145. The highest BCUT2D eigenvalue weighted by atomic mass is 15.3. The lowest BCUT2D eigenvalue weighted by atomic mass is 9.93. The van der Waals surface area contributed by atoms with Crippen LogP contribution in [0.5, 0.6) is 0 Å². The zero-order valence-corrected chi connectivity index (χ0v) is 9.58. The van der Waals surface area contributed by atoms with Crippen molar-refractivity contribution in [3.63, 3.8) is 0 Å². The molecule has 0 aromatic rings. The van der Waals surface area contributed by atoms with Crippen LogP contribution in [-0.4, -0.2) is 43.2 Å². The molecule has 1 heterocycles. The van der Waals surface area contributed by atoms with E-state index in [1.807, 2.05) is 0 Å². The van der Waals surface area contributed by atoms with Crippen molar-refractivity contribution in [3.05, 3.63) is 0 Å². The third-order valence-electron chi connectivity index (χ3n) is 2.96. The minimum absolute atomic E-state index is 0.821. The Labute approximate surface area is 82.9 Å². The first kappa shape index (κ1) is 11.0. The maximum absolute atomic E-state index is 2.58. The molecule has 78 valence electrons. The van der Waals surface area contributed by atoms with Gasteiger partial charge in [-0.1, -0.05) is 20.8 Å². The number of nitrogens with zero attached hydrogens (tertiary/aromatic N) is 2. The van der Waals surface area contributed by atoms with E-state index in [9.17, 15) is 0 Å². The van der Waals surface area contributed by atoms with E-state index < -0.39 is 0 Å². The van der Waals surface area contributed by atoms with Gasteiger partial charge in [0.15, 0.2) is 0 Å². The van der Waals surface area contributed by atoms with Crippen LogP contribution in [0.3, 0.4) is 0 Å². The number of hydrogen-bond donors (Lipinski definition) is 0. The molecule has 1 atom stereocenters. The van der Waals surface area contributed by atoms with Gasteiger partial charge in [0.25, 0.3) is 0 Å². The summed E-state index contributed by atoms with van der Waals surface area (Å²) in [6, 6.07) is 0. The maximum Gasteiger partial charge on any atom is 0.0503 e. The molecule has 1 aliphatic heterocycles. The number of hydrogen-bond acceptors (Lipinski definition) is 2. The van der Waals surface area contributed by atoms with Gasteiger partial charge in [-0.05, 0) is 31.8 Å². The van der Waals surface area contributed by atoms with E-state index in [4.69, 9.17) is 0 Å². The highest BCUT2D eigenvalue weighted by Gasteiger charge is 2.24. The Balaban J connectivity index is 2.42. The molecule has 1 fully saturated rings. The van der Waals surface area contributed by atoms with E-state index >= 15 is 0 Å². The second-order valence-corrected chi connectivity index (χ2v) is 4.76. The van der Waals surface area contributed by atoms with Crippen LogP contribution >= 0.6 is 0 Å². The third-order valence-corrected chi connectivity index (χ3v) is 2.96. The molecule has 1 saturated heterocycles. The lowest BCUT2D eigenvalue weighted by Crippen LogP contribution is -2.49. The first-order valence-electron chi connectivity index (χ1n) is 5.54. The molecule has 2 heteroatoms. The summed E-state index contributed by atoms with van der Waals surface area (Å²) < 4.78 is 0. The molecular formula is C11H24N2. The normalized spacial score (nSPS) is 27.0. The minimum Gasteiger partial charge on any atom is -0.293 e. The van der Waals surface area contributed by atoms with Crippen LogP contribution in [-0.2, 0) is 0 Å². The average Bonchev–Trinajstić information content (AvgIpc) is 2.03. The average molecular weight is 184 g/mol. The summed E-state index contributed by atoms with van der Waals surface area (Å²) in [5.41, 5.74) is 0. The van der Waals surface area contributed by atoms with Crippen molar-refractivity contribution in [3.8, 4) is 0 Å². The van der Waals surface area contributed by atoms with Crippen LogP contribution in [0.4, 0.5) is 0 Å². The largest absolute Gasteiger partial charge is 0.293 e. The van der Waals surface area contributed by atoms with Gasteiger partial charge in [-0.25, -0.2) is 0 Å². The van der Waals surface area contributed by atoms with E-state index in [2.05, 4.69) is 37.6 Å². The van der Waals surface area contributed by atoms with Gasteiger partial charge in [0.1, 0.15) is 0 Å². The van der Waals surface area contributed by atoms with Gasteiger partial charge >= 0.3 is 0 Å². The van der Waals surface area contributed by atoms with Gasteiger partial charge in [0.05, 0.1) is 6.67 Å². The van der Waals surface area contributed by atoms with Crippen molar-refractivity contribution in [1.29, 1.82) is 0 Å². The van der Waals surface area contributed by atoms with Crippen LogP contribution in [0.1, 0.15) is 27.2 Å². The summed E-state index contributed by atoms with van der Waals surface area (Å²) in [6.45, 7) is 11.9. The Kier molecular flexibility index (Phi) is 4.20. The molecule has 13 heavy (non-hydrogen) atoms. The summed E-state index contributed by atoms with van der Waals surface area (Å²) in [4.78, 5) is 5.03. The second-order valence-electron chi connectivity index (χ2n) is 4.76. The molecule has 0 saturated carbocycles. The molecule has 1 unspecified atom stereocenters. The number of rotatable bonds is 3. The molecule has 0 aromatic carbocycles. The molecule has 1 aliphatic rings. The first-order chi connectivity index (χ1) is 6.13. The van der Waals surface area contributed by atoms with Crippen LogP contribution in [0.2, 0.25) is 0 Å². The smallest absolute Gasteiger partial charge is 0.0503 e. The van der Waals surface area contributed by atoms with E-state index in [1.54, 1.807) is 0 Å². The standard InChI is InChI=1S/C11H24N2/c1-5-6-13-8-11(10(2)3)7-12(4)9-13/h10-11H,5-9H2,1-4H3. The predicted octanol–water partition coefficient (Wildman–Crippen LogP) is 1.87. The third kappa shape index (κ3) is 3.28. The molecule has 0 radical (unpaired) electrons. The Hall–Kier alpha value is -0.0800. The summed E-state index contributed by atoms with van der Waals surface area (Å²) in [5.74, 6) is 1.69. The highest BCUT2D eigenvalue weighted by molar-refractivity contribution is 4.76. The summed E-state index contributed by atoms with van der Waals surface area (Å²) in [7, 11) is 2.23. The van der Waals surface area contributed by atoms with Crippen LogP contribution in [0.15, 0.2) is 0 Å². The molecule has 1 rings (SSSR count). The van der Waals surface area contributed by atoms with E-state index in [0.29, 0.717) is 0 Å². The van der Waals surface area contributed by atoms with Crippen molar-refractivity contribution in [1.82, 2.24) is 9.80 Å². The fourth-order valence-corrected chi connectivity index (χ4v) is 2.15. The van der Waals surface area contributed by atoms with E-state index in [-0.39, 0.29) is 0 Å². The fraction of sp³-hybridized carbons (Fsp3) is 1.00. The van der Waals surface area contributed by atoms with Crippen LogP contribution in [0, 0.1) is 11.8 Å². The van der Waals surface area contributed by atoms with Crippen LogP contribution in [0.25, 0.3) is 0 Å².